The van der Waals surface area contributed by atoms with Crippen molar-refractivity contribution in [3.63, 3.8) is 0 Å². The van der Waals surface area contributed by atoms with Gasteiger partial charge in [0.05, 0.1) is 0 Å². The highest BCUT2D eigenvalue weighted by Crippen LogP contribution is 2.24. The van der Waals surface area contributed by atoms with E-state index in [1.54, 1.807) is 0 Å². The SMILES string of the molecule is CCC[C@@H](C)C[C@H](CNC(=O)OC(C)(C)C)[C@@H]1CCCCN1. The van der Waals surface area contributed by atoms with Crippen LogP contribution < -0.4 is 10.6 Å². The smallest absolute Gasteiger partial charge is 0.407 e. The van der Waals surface area contributed by atoms with E-state index in [-0.39, 0.29) is 6.09 Å². The van der Waals surface area contributed by atoms with Crippen molar-refractivity contribution in [1.82, 2.24) is 10.6 Å². The Labute approximate surface area is 136 Å². The summed E-state index contributed by atoms with van der Waals surface area (Å²) in [5, 5.41) is 6.63. The Hall–Kier alpha value is -0.770. The lowest BCUT2D eigenvalue weighted by atomic mass is 9.84. The van der Waals surface area contributed by atoms with E-state index in [0.717, 1.165) is 6.54 Å². The van der Waals surface area contributed by atoms with E-state index in [1.807, 2.05) is 20.8 Å². The number of rotatable bonds is 7. The molecular formula is C18H36N2O2. The molecule has 130 valence electrons. The van der Waals surface area contributed by atoms with Gasteiger partial charge in [0.25, 0.3) is 0 Å². The van der Waals surface area contributed by atoms with Crippen LogP contribution in [0, 0.1) is 11.8 Å². The molecule has 22 heavy (non-hydrogen) atoms. The van der Waals surface area contributed by atoms with E-state index in [4.69, 9.17) is 4.74 Å². The van der Waals surface area contributed by atoms with Crippen molar-refractivity contribution in [3.05, 3.63) is 0 Å². The van der Waals surface area contributed by atoms with Crippen LogP contribution in [0.5, 0.6) is 0 Å². The minimum absolute atomic E-state index is 0.295. The van der Waals surface area contributed by atoms with E-state index in [2.05, 4.69) is 24.5 Å². The van der Waals surface area contributed by atoms with Crippen LogP contribution >= 0.6 is 0 Å². The largest absolute Gasteiger partial charge is 0.444 e. The highest BCUT2D eigenvalue weighted by Gasteiger charge is 2.26. The van der Waals surface area contributed by atoms with Gasteiger partial charge in [-0.2, -0.15) is 0 Å². The number of piperidine rings is 1. The lowest BCUT2D eigenvalue weighted by Gasteiger charge is -2.33. The number of ether oxygens (including phenoxy) is 1. The summed E-state index contributed by atoms with van der Waals surface area (Å²) in [6.45, 7) is 12.1. The molecule has 4 nitrogen and oxygen atoms in total. The summed E-state index contributed by atoms with van der Waals surface area (Å²) < 4.78 is 5.36. The van der Waals surface area contributed by atoms with E-state index in [9.17, 15) is 4.79 Å². The van der Waals surface area contributed by atoms with Crippen molar-refractivity contribution in [2.24, 2.45) is 11.8 Å². The van der Waals surface area contributed by atoms with Crippen LogP contribution in [0.3, 0.4) is 0 Å². The van der Waals surface area contributed by atoms with Crippen LogP contribution in [0.15, 0.2) is 0 Å². The first kappa shape index (κ1) is 19.3. The number of carbonyl (C=O) groups excluding carboxylic acids is 1. The monoisotopic (exact) mass is 312 g/mol. The predicted molar refractivity (Wildman–Crippen MR) is 92.1 cm³/mol. The number of hydrogen-bond acceptors (Lipinski definition) is 3. The topological polar surface area (TPSA) is 50.4 Å². The van der Waals surface area contributed by atoms with Crippen LogP contribution in [-0.2, 0) is 4.74 Å². The van der Waals surface area contributed by atoms with Crippen LogP contribution in [0.4, 0.5) is 4.79 Å². The maximum atomic E-state index is 11.9. The fraction of sp³-hybridized carbons (Fsp3) is 0.944. The van der Waals surface area contributed by atoms with E-state index < -0.39 is 5.60 Å². The maximum Gasteiger partial charge on any atom is 0.407 e. The molecule has 0 saturated carbocycles. The Balaban J connectivity index is 2.51. The lowest BCUT2D eigenvalue weighted by Crippen LogP contribution is -2.46. The molecule has 4 heteroatoms. The summed E-state index contributed by atoms with van der Waals surface area (Å²) in [5.41, 5.74) is -0.432. The third-order valence-corrected chi connectivity index (χ3v) is 4.31. The van der Waals surface area contributed by atoms with Gasteiger partial charge in [0.15, 0.2) is 0 Å². The maximum absolute atomic E-state index is 11.9. The molecule has 0 unspecified atom stereocenters. The number of nitrogens with one attached hydrogen (secondary N) is 2. The minimum atomic E-state index is -0.432. The van der Waals surface area contributed by atoms with Gasteiger partial charge < -0.3 is 15.4 Å². The number of hydrogen-bond donors (Lipinski definition) is 2. The van der Waals surface area contributed by atoms with Gasteiger partial charge in [-0.15, -0.1) is 0 Å². The lowest BCUT2D eigenvalue weighted by molar-refractivity contribution is 0.0510. The summed E-state index contributed by atoms with van der Waals surface area (Å²) in [5.74, 6) is 1.20. The molecule has 1 amide bonds. The van der Waals surface area contributed by atoms with Gasteiger partial charge in [0.1, 0.15) is 5.60 Å². The number of amides is 1. The Bertz CT molecular complexity index is 320. The van der Waals surface area contributed by atoms with Crippen LogP contribution in [0.1, 0.15) is 73.1 Å². The summed E-state index contributed by atoms with van der Waals surface area (Å²) in [6, 6.07) is 0.531. The molecule has 0 aromatic rings. The van der Waals surface area contributed by atoms with Gasteiger partial charge in [0, 0.05) is 12.6 Å². The molecule has 0 spiro atoms. The number of alkyl carbamates (subject to hydrolysis) is 1. The van der Waals surface area contributed by atoms with E-state index in [1.165, 1.54) is 38.5 Å². The molecule has 0 aromatic carbocycles. The summed E-state index contributed by atoms with van der Waals surface area (Å²) in [4.78, 5) is 11.9. The highest BCUT2D eigenvalue weighted by atomic mass is 16.6. The first-order valence-electron chi connectivity index (χ1n) is 9.02. The average Bonchev–Trinajstić information content (AvgIpc) is 2.43. The second-order valence-corrected chi connectivity index (χ2v) is 7.83. The molecule has 0 aromatic heterocycles. The quantitative estimate of drug-likeness (QED) is 0.744. The second-order valence-electron chi connectivity index (χ2n) is 7.83. The van der Waals surface area contributed by atoms with E-state index in [0.29, 0.717) is 24.4 Å². The second kappa shape index (κ2) is 9.39. The van der Waals surface area contributed by atoms with Crippen molar-refractivity contribution in [1.29, 1.82) is 0 Å². The molecule has 1 aliphatic rings. The van der Waals surface area contributed by atoms with Crippen LogP contribution in [-0.4, -0.2) is 30.8 Å². The van der Waals surface area contributed by atoms with Gasteiger partial charge in [-0.25, -0.2) is 4.79 Å². The van der Waals surface area contributed by atoms with Gasteiger partial charge in [0.2, 0.25) is 0 Å². The Morgan fingerprint density at radius 3 is 2.64 bits per heavy atom. The van der Waals surface area contributed by atoms with Crippen molar-refractivity contribution >= 4 is 6.09 Å². The van der Waals surface area contributed by atoms with Crippen molar-refractivity contribution in [2.75, 3.05) is 13.1 Å². The molecule has 0 bridgehead atoms. The van der Waals surface area contributed by atoms with Gasteiger partial charge >= 0.3 is 6.09 Å². The zero-order valence-electron chi connectivity index (χ0n) is 15.2. The zero-order valence-corrected chi connectivity index (χ0v) is 15.2. The van der Waals surface area contributed by atoms with Crippen molar-refractivity contribution < 1.29 is 9.53 Å². The van der Waals surface area contributed by atoms with Gasteiger partial charge in [-0.3, -0.25) is 0 Å². The first-order chi connectivity index (χ1) is 10.3. The van der Waals surface area contributed by atoms with Crippen molar-refractivity contribution in [2.45, 2.75) is 84.8 Å². The minimum Gasteiger partial charge on any atom is -0.444 e. The van der Waals surface area contributed by atoms with Crippen LogP contribution in [0.2, 0.25) is 0 Å². The number of carbonyl (C=O) groups is 1. The molecule has 0 aliphatic carbocycles. The summed E-state index contributed by atoms with van der Waals surface area (Å²) in [6.07, 6.45) is 7.15. The molecule has 2 N–H and O–H groups in total. The zero-order chi connectivity index (χ0) is 16.6. The summed E-state index contributed by atoms with van der Waals surface area (Å²) >= 11 is 0. The highest BCUT2D eigenvalue weighted by molar-refractivity contribution is 5.67. The third-order valence-electron chi connectivity index (χ3n) is 4.31. The van der Waals surface area contributed by atoms with Gasteiger partial charge in [-0.1, -0.05) is 33.1 Å². The Morgan fingerprint density at radius 1 is 1.36 bits per heavy atom. The molecule has 0 radical (unpaired) electrons. The first-order valence-corrected chi connectivity index (χ1v) is 9.02. The predicted octanol–water partition coefficient (Wildman–Crippen LogP) is 4.10. The fourth-order valence-corrected chi connectivity index (χ4v) is 3.33. The molecule has 1 heterocycles. The molecule has 3 atom stereocenters. The van der Waals surface area contributed by atoms with Crippen molar-refractivity contribution in [3.8, 4) is 0 Å². The third kappa shape index (κ3) is 8.02. The molecular weight excluding hydrogens is 276 g/mol. The molecule has 1 aliphatic heterocycles. The average molecular weight is 312 g/mol. The fourth-order valence-electron chi connectivity index (χ4n) is 3.33. The molecule has 1 rings (SSSR count). The summed E-state index contributed by atoms with van der Waals surface area (Å²) in [7, 11) is 0. The normalized spacial score (nSPS) is 22.0. The van der Waals surface area contributed by atoms with Gasteiger partial charge in [-0.05, 0) is 58.4 Å². The Morgan fingerprint density at radius 2 is 2.09 bits per heavy atom. The standard InChI is InChI=1S/C18H36N2O2/c1-6-9-14(2)12-15(16-10-7-8-11-19-16)13-20-17(21)22-18(3,4)5/h14-16,19H,6-13H2,1-5H3,(H,20,21)/t14-,15-,16+/m1/s1. The van der Waals surface area contributed by atoms with E-state index >= 15 is 0 Å². The molecule has 1 fully saturated rings. The molecule has 1 saturated heterocycles. The Kier molecular flexibility index (Phi) is 8.23. The van der Waals surface area contributed by atoms with Crippen LogP contribution in [0.25, 0.3) is 0 Å².